The molecule has 2 aromatic carbocycles. The number of nitrogen functional groups attached to an aromatic ring is 1. The molecule has 0 saturated carbocycles. The number of benzene rings is 2. The fourth-order valence-electron chi connectivity index (χ4n) is 5.07. The van der Waals surface area contributed by atoms with E-state index in [4.69, 9.17) is 31.9 Å². The van der Waals surface area contributed by atoms with Crippen LogP contribution in [0.15, 0.2) is 55.0 Å². The van der Waals surface area contributed by atoms with Crippen molar-refractivity contribution in [1.29, 1.82) is 0 Å². The number of allylic oxidation sites excluding steroid dienone is 1. The molecule has 1 atom stereocenters. The molecule has 2 aromatic heterocycles. The van der Waals surface area contributed by atoms with Gasteiger partial charge in [-0.3, -0.25) is 4.79 Å². The van der Waals surface area contributed by atoms with Gasteiger partial charge in [0, 0.05) is 29.2 Å². The first kappa shape index (κ1) is 24.1. The molecule has 1 amide bonds. The number of fused-ring (bicyclic) bond motifs is 2. The first-order valence-corrected chi connectivity index (χ1v) is 12.8. The Morgan fingerprint density at radius 2 is 2.08 bits per heavy atom. The van der Waals surface area contributed by atoms with Crippen molar-refractivity contribution in [2.45, 2.75) is 25.8 Å². The van der Waals surface area contributed by atoms with Gasteiger partial charge in [-0.05, 0) is 56.3 Å². The summed E-state index contributed by atoms with van der Waals surface area (Å²) in [6.07, 6.45) is 7.63. The van der Waals surface area contributed by atoms with Gasteiger partial charge in [0.1, 0.15) is 17.8 Å². The number of ether oxygens (including phenoxy) is 2. The predicted octanol–water partition coefficient (Wildman–Crippen LogP) is 4.88. The monoisotopic (exact) mass is 531 g/mol. The molecule has 6 rings (SSSR count). The largest absolute Gasteiger partial charge is 0.453 e. The van der Waals surface area contributed by atoms with Gasteiger partial charge >= 0.3 is 0 Å². The van der Waals surface area contributed by atoms with E-state index in [2.05, 4.69) is 26.4 Å². The summed E-state index contributed by atoms with van der Waals surface area (Å²) < 4.78 is 13.6. The molecular weight excluding hydrogens is 506 g/mol. The van der Waals surface area contributed by atoms with E-state index in [0.717, 1.165) is 25.9 Å². The maximum Gasteiger partial charge on any atom is 0.255 e. The Bertz CT molecular complexity index is 1570. The molecule has 2 aliphatic rings. The molecule has 0 bridgehead atoms. The molecule has 1 fully saturated rings. The lowest BCUT2D eigenvalue weighted by molar-refractivity contribution is 0.102. The predicted molar refractivity (Wildman–Crippen MR) is 145 cm³/mol. The molecule has 4 heterocycles. The lowest BCUT2D eigenvalue weighted by atomic mass is 10.1. The molecule has 11 heteroatoms. The highest BCUT2D eigenvalue weighted by molar-refractivity contribution is 6.31. The Hall–Kier alpha value is -4.31. The number of aromatic nitrogens is 4. The van der Waals surface area contributed by atoms with E-state index in [0.29, 0.717) is 55.9 Å². The maximum atomic E-state index is 12.9. The van der Waals surface area contributed by atoms with Crippen LogP contribution in [0, 0.1) is 0 Å². The van der Waals surface area contributed by atoms with Gasteiger partial charge in [-0.25, -0.2) is 14.6 Å². The molecule has 38 heavy (non-hydrogen) atoms. The molecule has 10 nitrogen and oxygen atoms in total. The fourth-order valence-corrected chi connectivity index (χ4v) is 5.26. The van der Waals surface area contributed by atoms with Crippen molar-refractivity contribution in [2.75, 3.05) is 30.9 Å². The quantitative estimate of drug-likeness (QED) is 0.374. The van der Waals surface area contributed by atoms with Crippen molar-refractivity contribution >= 4 is 40.0 Å². The molecule has 0 aliphatic carbocycles. The molecule has 4 aromatic rings. The molecule has 3 N–H and O–H groups in total. The van der Waals surface area contributed by atoms with Gasteiger partial charge in [-0.15, -0.1) is 0 Å². The van der Waals surface area contributed by atoms with Gasteiger partial charge in [-0.1, -0.05) is 23.7 Å². The molecule has 0 spiro atoms. The van der Waals surface area contributed by atoms with Gasteiger partial charge in [0.25, 0.3) is 5.91 Å². The summed E-state index contributed by atoms with van der Waals surface area (Å²) in [5, 5.41) is 9.04. The summed E-state index contributed by atoms with van der Waals surface area (Å²) in [5.74, 6) is 0.924. The Labute approximate surface area is 224 Å². The average Bonchev–Trinajstić information content (AvgIpc) is 3.56. The number of carbonyl (C=O) groups excluding carboxylic acids is 1. The van der Waals surface area contributed by atoms with Crippen LogP contribution >= 0.6 is 11.6 Å². The van der Waals surface area contributed by atoms with E-state index >= 15 is 0 Å². The third-order valence-electron chi connectivity index (χ3n) is 6.76. The van der Waals surface area contributed by atoms with E-state index < -0.39 is 0 Å². The molecule has 1 saturated heterocycles. The minimum absolute atomic E-state index is 0.0118. The van der Waals surface area contributed by atoms with E-state index in [-0.39, 0.29) is 18.7 Å². The second-order valence-electron chi connectivity index (χ2n) is 9.21. The van der Waals surface area contributed by atoms with Crippen molar-refractivity contribution in [3.8, 4) is 22.8 Å². The van der Waals surface area contributed by atoms with Gasteiger partial charge < -0.3 is 25.4 Å². The fraction of sp³-hybridized carbons (Fsp3) is 0.259. The summed E-state index contributed by atoms with van der Waals surface area (Å²) >= 11 is 6.06. The van der Waals surface area contributed by atoms with Crippen LogP contribution in [0.1, 0.15) is 36.2 Å². The second-order valence-corrected chi connectivity index (χ2v) is 9.65. The van der Waals surface area contributed by atoms with Gasteiger partial charge in [0.2, 0.25) is 6.79 Å². The number of piperidine rings is 1. The summed E-state index contributed by atoms with van der Waals surface area (Å²) in [6, 6.07) is 10.5. The van der Waals surface area contributed by atoms with E-state index in [1.54, 1.807) is 30.3 Å². The SMILES string of the molecule is CC=CN1CCC[C@@H](n2nc(-c3ccc(NC(=O)c4cccc(Cl)c4)c4c3OCO4)c3c(N)ncnc32)C1. The number of nitrogens with zero attached hydrogens (tertiary/aromatic N) is 5. The summed E-state index contributed by atoms with van der Waals surface area (Å²) in [6.45, 7) is 3.85. The Kier molecular flexibility index (Phi) is 6.24. The van der Waals surface area contributed by atoms with Crippen molar-refractivity contribution in [1.82, 2.24) is 24.6 Å². The summed E-state index contributed by atoms with van der Waals surface area (Å²) in [7, 11) is 0. The maximum absolute atomic E-state index is 12.9. The van der Waals surface area contributed by atoms with Crippen LogP contribution in [0.4, 0.5) is 11.5 Å². The number of hydrogen-bond donors (Lipinski definition) is 2. The molecule has 0 unspecified atom stereocenters. The number of hydrogen-bond acceptors (Lipinski definition) is 8. The molecular formula is C27H26ClN7O3. The van der Waals surface area contributed by atoms with E-state index in [9.17, 15) is 4.79 Å². The van der Waals surface area contributed by atoms with Crippen LogP contribution in [0.3, 0.4) is 0 Å². The Morgan fingerprint density at radius 3 is 2.92 bits per heavy atom. The number of halogens is 1. The van der Waals surface area contributed by atoms with Gasteiger partial charge in [0.05, 0.1) is 17.1 Å². The van der Waals surface area contributed by atoms with Crippen molar-refractivity contribution in [3.63, 3.8) is 0 Å². The number of nitrogens with one attached hydrogen (secondary N) is 1. The van der Waals surface area contributed by atoms with Gasteiger partial charge in [0.15, 0.2) is 17.1 Å². The highest BCUT2D eigenvalue weighted by Gasteiger charge is 2.30. The van der Waals surface area contributed by atoms with Crippen LogP contribution < -0.4 is 20.5 Å². The lowest BCUT2D eigenvalue weighted by Crippen LogP contribution is -2.33. The number of likely N-dealkylation sites (tertiary alicyclic amines) is 1. The number of nitrogens with two attached hydrogens (primary N) is 1. The third kappa shape index (κ3) is 4.26. The normalized spacial score (nSPS) is 16.9. The van der Waals surface area contributed by atoms with Crippen LogP contribution in [0.5, 0.6) is 11.5 Å². The Balaban J connectivity index is 1.41. The molecule has 2 aliphatic heterocycles. The van der Waals surface area contributed by atoms with Crippen molar-refractivity contribution in [2.24, 2.45) is 0 Å². The first-order valence-electron chi connectivity index (χ1n) is 12.4. The summed E-state index contributed by atoms with van der Waals surface area (Å²) in [4.78, 5) is 24.0. The minimum Gasteiger partial charge on any atom is -0.453 e. The standard InChI is InChI=1S/C27H26ClN7O3/c1-2-10-34-11-4-7-18(13-34)35-26-21(25(29)30-14-31-26)22(33-35)19-8-9-20(24-23(19)37-15-38-24)32-27(36)16-5-3-6-17(28)12-16/h2-3,5-6,8-10,12,14,18H,4,7,11,13,15H2,1H3,(H,32,36)(H2,29,30,31)/t18-/m1/s1. The number of carbonyl (C=O) groups is 1. The van der Waals surface area contributed by atoms with Crippen LogP contribution in [0.25, 0.3) is 22.3 Å². The lowest BCUT2D eigenvalue weighted by Gasteiger charge is -2.32. The van der Waals surface area contributed by atoms with E-state index in [1.807, 2.05) is 23.7 Å². The highest BCUT2D eigenvalue weighted by atomic mass is 35.5. The van der Waals surface area contributed by atoms with E-state index in [1.165, 1.54) is 6.33 Å². The zero-order chi connectivity index (χ0) is 26.2. The van der Waals surface area contributed by atoms with Crippen LogP contribution in [-0.4, -0.2) is 50.4 Å². The molecule has 194 valence electrons. The third-order valence-corrected chi connectivity index (χ3v) is 7.00. The number of amides is 1. The zero-order valence-corrected chi connectivity index (χ0v) is 21.5. The van der Waals surface area contributed by atoms with Gasteiger partial charge in [-0.2, -0.15) is 5.10 Å². The van der Waals surface area contributed by atoms with Crippen LogP contribution in [-0.2, 0) is 0 Å². The van der Waals surface area contributed by atoms with Crippen molar-refractivity contribution in [3.05, 3.63) is 65.6 Å². The highest BCUT2D eigenvalue weighted by Crippen LogP contribution is 2.48. The number of anilines is 2. The Morgan fingerprint density at radius 1 is 1.21 bits per heavy atom. The molecule has 0 radical (unpaired) electrons. The number of rotatable bonds is 5. The smallest absolute Gasteiger partial charge is 0.255 e. The average molecular weight is 532 g/mol. The first-order chi connectivity index (χ1) is 18.5. The second kappa shape index (κ2) is 9.86. The van der Waals surface area contributed by atoms with Crippen molar-refractivity contribution < 1.29 is 14.3 Å². The topological polar surface area (TPSA) is 120 Å². The zero-order valence-electron chi connectivity index (χ0n) is 20.7. The summed E-state index contributed by atoms with van der Waals surface area (Å²) in [5.41, 5.74) is 9.24. The minimum atomic E-state index is -0.312. The van der Waals surface area contributed by atoms with Crippen LogP contribution in [0.2, 0.25) is 5.02 Å².